The molecule has 23 heavy (non-hydrogen) atoms. The molecule has 0 fully saturated rings. The summed E-state index contributed by atoms with van der Waals surface area (Å²) in [5, 5.41) is 0. The lowest BCUT2D eigenvalue weighted by molar-refractivity contribution is 0.151. The third kappa shape index (κ3) is 53.4. The lowest BCUT2D eigenvalue weighted by atomic mass is 10.4. The van der Waals surface area contributed by atoms with Crippen LogP contribution in [0.25, 0.3) is 0 Å². The molecule has 0 aliphatic rings. The van der Waals surface area contributed by atoms with Crippen LogP contribution < -0.4 is 0 Å². The van der Waals surface area contributed by atoms with Crippen molar-refractivity contribution in [1.82, 2.24) is 0 Å². The highest BCUT2D eigenvalue weighted by molar-refractivity contribution is 4.51. The van der Waals surface area contributed by atoms with Gasteiger partial charge in [-0.1, -0.05) is 53.0 Å². The number of unbranched alkanes of at least 4 members (excludes halogenated alkanes) is 2. The maximum absolute atomic E-state index is 4.84. The van der Waals surface area contributed by atoms with Crippen LogP contribution in [-0.4, -0.2) is 31.9 Å². The van der Waals surface area contributed by atoms with Gasteiger partial charge < -0.3 is 24.4 Å². The standard InChI is InChI=1S/C6H10O2.2C6H12O.H2O/c1-3-7-5-6-8-4-2;2*1-3-5-6-7-4-2;/h3-4H,1-2,5-6H2;2*4H,2-3,5-6H2,1H3;1H2. The minimum atomic E-state index is 0. The highest BCUT2D eigenvalue weighted by Gasteiger charge is 1.77. The molecule has 138 valence electrons. The molecule has 0 saturated carbocycles. The van der Waals surface area contributed by atoms with Crippen LogP contribution in [0.4, 0.5) is 0 Å². The average molecular weight is 332 g/mol. The minimum absolute atomic E-state index is 0. The van der Waals surface area contributed by atoms with Gasteiger partial charge in [0.25, 0.3) is 0 Å². The van der Waals surface area contributed by atoms with E-state index >= 15 is 0 Å². The Bertz CT molecular complexity index is 205. The third-order valence-corrected chi connectivity index (χ3v) is 2.02. The fourth-order valence-corrected chi connectivity index (χ4v) is 0.885. The van der Waals surface area contributed by atoms with Crippen molar-refractivity contribution in [1.29, 1.82) is 0 Å². The Labute approximate surface area is 142 Å². The number of rotatable bonds is 13. The Hall–Kier alpha value is -1.88. The molecule has 5 heteroatoms. The van der Waals surface area contributed by atoms with E-state index in [4.69, 9.17) is 18.9 Å². The molecule has 0 aliphatic carbocycles. The maximum Gasteiger partial charge on any atom is 0.121 e. The molecule has 0 amide bonds. The summed E-state index contributed by atoms with van der Waals surface area (Å²) in [6.07, 6.45) is 10.4. The van der Waals surface area contributed by atoms with Gasteiger partial charge in [0, 0.05) is 0 Å². The molecule has 0 rings (SSSR count). The van der Waals surface area contributed by atoms with Crippen molar-refractivity contribution in [3.8, 4) is 0 Å². The van der Waals surface area contributed by atoms with Crippen LogP contribution in [0.2, 0.25) is 0 Å². The molecule has 0 aromatic rings. The van der Waals surface area contributed by atoms with Crippen LogP contribution in [0.5, 0.6) is 0 Å². The van der Waals surface area contributed by atoms with E-state index in [1.54, 1.807) is 0 Å². The van der Waals surface area contributed by atoms with E-state index in [2.05, 4.69) is 40.2 Å². The molecule has 0 atom stereocenters. The molecule has 0 heterocycles. The molecule has 0 aromatic carbocycles. The molecule has 5 nitrogen and oxygen atoms in total. The van der Waals surface area contributed by atoms with Gasteiger partial charge in [0.2, 0.25) is 0 Å². The first-order chi connectivity index (χ1) is 10.7. The van der Waals surface area contributed by atoms with E-state index in [-0.39, 0.29) is 5.48 Å². The van der Waals surface area contributed by atoms with Crippen LogP contribution in [-0.2, 0) is 18.9 Å². The Morgan fingerprint density at radius 1 is 0.565 bits per heavy atom. The first-order valence-corrected chi connectivity index (χ1v) is 7.64. The molecule has 0 radical (unpaired) electrons. The molecule has 0 aromatic heterocycles. The molecule has 0 bridgehead atoms. The number of ether oxygens (including phenoxy) is 4. The third-order valence-electron chi connectivity index (χ3n) is 2.02. The fraction of sp³-hybridized carbons (Fsp3) is 0.556. The van der Waals surface area contributed by atoms with Crippen molar-refractivity contribution in [2.75, 3.05) is 26.4 Å². The topological polar surface area (TPSA) is 68.4 Å². The van der Waals surface area contributed by atoms with Gasteiger partial charge in [0.15, 0.2) is 0 Å². The second-order valence-corrected chi connectivity index (χ2v) is 3.86. The van der Waals surface area contributed by atoms with Gasteiger partial charge in [-0.15, -0.1) is 0 Å². The van der Waals surface area contributed by atoms with Gasteiger partial charge >= 0.3 is 0 Å². The normalized spacial score (nSPS) is 7.57. The van der Waals surface area contributed by atoms with E-state index in [0.717, 1.165) is 26.1 Å². The number of hydrogen-bond acceptors (Lipinski definition) is 4. The molecule has 0 spiro atoms. The zero-order chi connectivity index (χ0) is 17.3. The van der Waals surface area contributed by atoms with E-state index in [1.165, 1.54) is 37.9 Å². The maximum atomic E-state index is 4.84. The molecule has 0 aliphatic heterocycles. The zero-order valence-corrected chi connectivity index (χ0v) is 14.9. The minimum Gasteiger partial charge on any atom is -0.502 e. The highest BCUT2D eigenvalue weighted by Crippen LogP contribution is 1.86. The fourth-order valence-electron chi connectivity index (χ4n) is 0.885. The van der Waals surface area contributed by atoms with E-state index in [0.29, 0.717) is 13.2 Å². The first kappa shape index (κ1) is 29.2. The van der Waals surface area contributed by atoms with Crippen molar-refractivity contribution in [3.05, 3.63) is 51.4 Å². The molecular formula is C18H36O5. The summed E-state index contributed by atoms with van der Waals surface area (Å²) in [6.45, 7) is 20.5. The average Bonchev–Trinajstić information content (AvgIpc) is 2.54. The smallest absolute Gasteiger partial charge is 0.121 e. The predicted molar refractivity (Wildman–Crippen MR) is 98.0 cm³/mol. The Balaban J connectivity index is -0.000000116. The second kappa shape index (κ2) is 36.9. The molecule has 0 saturated heterocycles. The summed E-state index contributed by atoms with van der Waals surface area (Å²) < 4.78 is 19.1. The van der Waals surface area contributed by atoms with Gasteiger partial charge in [0.05, 0.1) is 38.3 Å². The van der Waals surface area contributed by atoms with Crippen molar-refractivity contribution in [3.63, 3.8) is 0 Å². The van der Waals surface area contributed by atoms with Crippen LogP contribution in [0, 0.1) is 0 Å². The van der Waals surface area contributed by atoms with E-state index < -0.39 is 0 Å². The van der Waals surface area contributed by atoms with Gasteiger partial charge in [-0.3, -0.25) is 0 Å². The van der Waals surface area contributed by atoms with Crippen LogP contribution >= 0.6 is 0 Å². The highest BCUT2D eigenvalue weighted by atomic mass is 16.5. The van der Waals surface area contributed by atoms with Crippen LogP contribution in [0.3, 0.4) is 0 Å². The molecular weight excluding hydrogens is 296 g/mol. The molecule has 0 unspecified atom stereocenters. The lowest BCUT2D eigenvalue weighted by Crippen LogP contribution is -1.95. The Kier molecular flexibility index (Phi) is 46.8. The summed E-state index contributed by atoms with van der Waals surface area (Å²) in [4.78, 5) is 0. The Morgan fingerprint density at radius 2 is 0.826 bits per heavy atom. The van der Waals surface area contributed by atoms with Gasteiger partial charge in [0.1, 0.15) is 13.2 Å². The summed E-state index contributed by atoms with van der Waals surface area (Å²) >= 11 is 0. The molecule has 2 N–H and O–H groups in total. The first-order valence-electron chi connectivity index (χ1n) is 7.64. The predicted octanol–water partition coefficient (Wildman–Crippen LogP) is 4.38. The van der Waals surface area contributed by atoms with Crippen molar-refractivity contribution < 1.29 is 24.4 Å². The zero-order valence-electron chi connectivity index (χ0n) is 14.9. The van der Waals surface area contributed by atoms with Gasteiger partial charge in [-0.25, -0.2) is 0 Å². The van der Waals surface area contributed by atoms with Crippen LogP contribution in [0.1, 0.15) is 39.5 Å². The summed E-state index contributed by atoms with van der Waals surface area (Å²) in [6, 6.07) is 0. The monoisotopic (exact) mass is 332 g/mol. The summed E-state index contributed by atoms with van der Waals surface area (Å²) in [7, 11) is 0. The lowest BCUT2D eigenvalue weighted by Gasteiger charge is -1.97. The quantitative estimate of drug-likeness (QED) is 0.371. The summed E-state index contributed by atoms with van der Waals surface area (Å²) in [5.74, 6) is 0. The summed E-state index contributed by atoms with van der Waals surface area (Å²) in [5.41, 5.74) is 0. The van der Waals surface area contributed by atoms with Crippen molar-refractivity contribution in [2.24, 2.45) is 0 Å². The van der Waals surface area contributed by atoms with E-state index in [9.17, 15) is 0 Å². The van der Waals surface area contributed by atoms with Crippen molar-refractivity contribution in [2.45, 2.75) is 39.5 Å². The van der Waals surface area contributed by atoms with Gasteiger partial charge in [-0.05, 0) is 12.8 Å². The SMILES string of the molecule is C=COCCCC.C=COCCCC.C=COCCOC=C.O. The van der Waals surface area contributed by atoms with Crippen molar-refractivity contribution >= 4 is 0 Å². The van der Waals surface area contributed by atoms with Crippen LogP contribution in [0.15, 0.2) is 51.4 Å². The van der Waals surface area contributed by atoms with Gasteiger partial charge in [-0.2, -0.15) is 0 Å². The van der Waals surface area contributed by atoms with E-state index in [1.807, 2.05) is 0 Å². The Morgan fingerprint density at radius 3 is 1.04 bits per heavy atom. The largest absolute Gasteiger partial charge is 0.502 e. The second-order valence-electron chi connectivity index (χ2n) is 3.86. The number of hydrogen-bond donors (Lipinski definition) is 0.